The predicted octanol–water partition coefficient (Wildman–Crippen LogP) is 4.57. The molecule has 1 atom stereocenters. The van der Waals surface area contributed by atoms with Gasteiger partial charge in [0.05, 0.1) is 5.60 Å². The lowest BCUT2D eigenvalue weighted by atomic mass is 10.1. The summed E-state index contributed by atoms with van der Waals surface area (Å²) < 4.78 is 6.66. The molecule has 0 aromatic heterocycles. The van der Waals surface area contributed by atoms with Crippen LogP contribution >= 0.6 is 27.5 Å². The Balaban J connectivity index is 2.63. The molecule has 1 aromatic rings. The van der Waals surface area contributed by atoms with Crippen LogP contribution in [0, 0.1) is 0 Å². The van der Waals surface area contributed by atoms with Gasteiger partial charge in [-0.2, -0.15) is 0 Å². The molecular weight excluding hydrogens is 314 g/mol. The molecule has 1 unspecified atom stereocenters. The van der Waals surface area contributed by atoms with Crippen LogP contribution < -0.4 is 5.32 Å². The average molecular weight is 335 g/mol. The van der Waals surface area contributed by atoms with Gasteiger partial charge < -0.3 is 10.1 Å². The van der Waals surface area contributed by atoms with E-state index in [4.69, 9.17) is 16.3 Å². The lowest BCUT2D eigenvalue weighted by Crippen LogP contribution is -2.38. The second-order valence-corrected chi connectivity index (χ2v) is 6.28. The van der Waals surface area contributed by atoms with E-state index >= 15 is 0 Å². The normalized spacial score (nSPS) is 13.7. The van der Waals surface area contributed by atoms with E-state index in [1.165, 1.54) is 0 Å². The molecule has 0 radical (unpaired) electrons. The van der Waals surface area contributed by atoms with Crippen LogP contribution in [0.25, 0.3) is 0 Å². The Morgan fingerprint density at radius 3 is 2.67 bits per heavy atom. The van der Waals surface area contributed by atoms with Crippen molar-refractivity contribution >= 4 is 27.5 Å². The minimum atomic E-state index is -0.162. The van der Waals surface area contributed by atoms with Gasteiger partial charge in [0.15, 0.2) is 0 Å². The summed E-state index contributed by atoms with van der Waals surface area (Å²) in [5, 5.41) is 4.24. The fourth-order valence-corrected chi connectivity index (χ4v) is 2.64. The maximum Gasteiger partial charge on any atom is 0.0750 e. The van der Waals surface area contributed by atoms with Gasteiger partial charge in [-0.1, -0.05) is 33.6 Å². The first-order valence-electron chi connectivity index (χ1n) is 6.18. The largest absolute Gasteiger partial charge is 0.375 e. The summed E-state index contributed by atoms with van der Waals surface area (Å²) in [6.07, 6.45) is 0. The summed E-state index contributed by atoms with van der Waals surface area (Å²) in [7, 11) is 0. The first kappa shape index (κ1) is 16.0. The van der Waals surface area contributed by atoms with Crippen molar-refractivity contribution in [3.63, 3.8) is 0 Å². The number of hydrogen-bond acceptors (Lipinski definition) is 2. The zero-order valence-electron chi connectivity index (χ0n) is 11.4. The van der Waals surface area contributed by atoms with Gasteiger partial charge >= 0.3 is 0 Å². The number of rotatable bonds is 6. The van der Waals surface area contributed by atoms with Crippen molar-refractivity contribution in [2.45, 2.75) is 39.3 Å². The van der Waals surface area contributed by atoms with Crippen molar-refractivity contribution in [2.75, 3.05) is 13.2 Å². The third-order valence-corrected chi connectivity index (χ3v) is 3.62. The predicted molar refractivity (Wildman–Crippen MR) is 81.3 cm³/mol. The van der Waals surface area contributed by atoms with Gasteiger partial charge in [-0.25, -0.2) is 0 Å². The van der Waals surface area contributed by atoms with Gasteiger partial charge in [-0.3, -0.25) is 0 Å². The number of hydrogen-bond donors (Lipinski definition) is 1. The molecule has 0 bridgehead atoms. The zero-order valence-corrected chi connectivity index (χ0v) is 13.7. The van der Waals surface area contributed by atoms with Gasteiger partial charge in [0.2, 0.25) is 0 Å². The Labute approximate surface area is 123 Å². The van der Waals surface area contributed by atoms with E-state index in [1.54, 1.807) is 0 Å². The van der Waals surface area contributed by atoms with Crippen LogP contribution in [0.1, 0.15) is 39.3 Å². The molecule has 0 saturated heterocycles. The van der Waals surface area contributed by atoms with Crippen LogP contribution in [0.4, 0.5) is 0 Å². The lowest BCUT2D eigenvalue weighted by molar-refractivity contribution is -0.0103. The highest BCUT2D eigenvalue weighted by atomic mass is 79.9. The molecule has 18 heavy (non-hydrogen) atoms. The highest BCUT2D eigenvalue weighted by molar-refractivity contribution is 9.10. The average Bonchev–Trinajstić information content (AvgIpc) is 2.26. The fraction of sp³-hybridized carbons (Fsp3) is 0.571. The molecular formula is C14H21BrClNO. The minimum Gasteiger partial charge on any atom is -0.375 e. The molecule has 1 rings (SSSR count). The summed E-state index contributed by atoms with van der Waals surface area (Å²) in [5.41, 5.74) is 0.942. The molecule has 2 nitrogen and oxygen atoms in total. The van der Waals surface area contributed by atoms with Crippen LogP contribution in [0.5, 0.6) is 0 Å². The third-order valence-electron chi connectivity index (χ3n) is 2.80. The third kappa shape index (κ3) is 4.88. The van der Waals surface area contributed by atoms with Crippen molar-refractivity contribution < 1.29 is 4.74 Å². The Bertz CT molecular complexity index is 395. The molecule has 4 heteroatoms. The number of nitrogens with one attached hydrogen (secondary N) is 1. The van der Waals surface area contributed by atoms with Gasteiger partial charge in [0.1, 0.15) is 0 Å². The van der Waals surface area contributed by atoms with Crippen molar-refractivity contribution in [1.82, 2.24) is 5.32 Å². The summed E-state index contributed by atoms with van der Waals surface area (Å²) in [6, 6.07) is 6.17. The molecule has 0 saturated carbocycles. The van der Waals surface area contributed by atoms with Crippen LogP contribution in [-0.4, -0.2) is 18.8 Å². The van der Waals surface area contributed by atoms with Crippen molar-refractivity contribution in [1.29, 1.82) is 0 Å². The quantitative estimate of drug-likeness (QED) is 0.823. The van der Waals surface area contributed by atoms with Crippen LogP contribution in [0.2, 0.25) is 5.02 Å². The summed E-state index contributed by atoms with van der Waals surface area (Å²) in [6.45, 7) is 9.79. The summed E-state index contributed by atoms with van der Waals surface area (Å²) >= 11 is 9.65. The molecule has 0 aliphatic carbocycles. The van der Waals surface area contributed by atoms with Gasteiger partial charge in [0, 0.05) is 28.7 Å². The second kappa shape index (κ2) is 6.90. The Kier molecular flexibility index (Phi) is 6.12. The maximum atomic E-state index is 6.23. The maximum absolute atomic E-state index is 6.23. The molecule has 1 aromatic carbocycles. The first-order chi connectivity index (χ1) is 8.35. The van der Waals surface area contributed by atoms with Gasteiger partial charge in [0.25, 0.3) is 0 Å². The molecule has 1 N–H and O–H groups in total. The van der Waals surface area contributed by atoms with Gasteiger partial charge in [-0.05, 0) is 45.4 Å². The minimum absolute atomic E-state index is 0.162. The Morgan fingerprint density at radius 1 is 1.44 bits per heavy atom. The molecule has 102 valence electrons. The van der Waals surface area contributed by atoms with Crippen molar-refractivity contribution in [3.05, 3.63) is 33.3 Å². The molecule has 0 aliphatic rings. The standard InChI is InChI=1S/C14H21BrClNO/c1-5-18-14(3,4)9-17-10(2)12-7-6-11(15)8-13(12)16/h6-8,10,17H,5,9H2,1-4H3. The van der Waals surface area contributed by atoms with Crippen LogP contribution in [-0.2, 0) is 4.74 Å². The lowest BCUT2D eigenvalue weighted by Gasteiger charge is -2.27. The smallest absolute Gasteiger partial charge is 0.0750 e. The topological polar surface area (TPSA) is 21.3 Å². The van der Waals surface area contributed by atoms with Crippen molar-refractivity contribution in [2.24, 2.45) is 0 Å². The summed E-state index contributed by atoms with van der Waals surface area (Å²) in [5.74, 6) is 0. The highest BCUT2D eigenvalue weighted by Crippen LogP contribution is 2.26. The fourth-order valence-electron chi connectivity index (χ4n) is 1.80. The van der Waals surface area contributed by atoms with E-state index in [0.29, 0.717) is 0 Å². The van der Waals surface area contributed by atoms with Crippen LogP contribution in [0.3, 0.4) is 0 Å². The molecule has 0 spiro atoms. The van der Waals surface area contributed by atoms with Gasteiger partial charge in [-0.15, -0.1) is 0 Å². The monoisotopic (exact) mass is 333 g/mol. The SMILES string of the molecule is CCOC(C)(C)CNC(C)c1ccc(Br)cc1Cl. The Morgan fingerprint density at radius 2 is 2.11 bits per heavy atom. The number of halogens is 2. The van der Waals surface area contributed by atoms with E-state index < -0.39 is 0 Å². The number of benzene rings is 1. The van der Waals surface area contributed by atoms with E-state index in [1.807, 2.05) is 25.1 Å². The molecule has 0 amide bonds. The van der Waals surface area contributed by atoms with Crippen molar-refractivity contribution in [3.8, 4) is 0 Å². The zero-order chi connectivity index (χ0) is 13.8. The summed E-state index contributed by atoms with van der Waals surface area (Å²) in [4.78, 5) is 0. The first-order valence-corrected chi connectivity index (χ1v) is 7.35. The molecule has 0 aliphatic heterocycles. The molecule has 0 heterocycles. The van der Waals surface area contributed by atoms with E-state index in [0.717, 1.165) is 28.2 Å². The van der Waals surface area contributed by atoms with Crippen LogP contribution in [0.15, 0.2) is 22.7 Å². The number of ether oxygens (including phenoxy) is 1. The second-order valence-electron chi connectivity index (χ2n) is 4.96. The molecule has 0 fully saturated rings. The van der Waals surface area contributed by atoms with E-state index in [9.17, 15) is 0 Å². The van der Waals surface area contributed by atoms with E-state index in [2.05, 4.69) is 42.0 Å². The van der Waals surface area contributed by atoms with E-state index in [-0.39, 0.29) is 11.6 Å². The Hall–Kier alpha value is -0.0900. The highest BCUT2D eigenvalue weighted by Gasteiger charge is 2.19.